The van der Waals surface area contributed by atoms with Gasteiger partial charge in [0.2, 0.25) is 5.91 Å². The molecule has 2 heterocycles. The van der Waals surface area contributed by atoms with Gasteiger partial charge in [0.1, 0.15) is 6.54 Å². The lowest BCUT2D eigenvalue weighted by atomic mass is 10.4. The molecule has 16 heavy (non-hydrogen) atoms. The van der Waals surface area contributed by atoms with Crippen molar-refractivity contribution in [1.82, 2.24) is 14.7 Å². The van der Waals surface area contributed by atoms with Crippen molar-refractivity contribution in [3.05, 3.63) is 17.5 Å². The van der Waals surface area contributed by atoms with E-state index in [0.29, 0.717) is 32.8 Å². The summed E-state index contributed by atoms with van der Waals surface area (Å²) in [6.45, 7) is 6.90. The smallest absolute Gasteiger partial charge is 0.244 e. The predicted octanol–water partition coefficient (Wildman–Crippen LogP) is 0.359. The Labute approximate surface area is 95.0 Å². The van der Waals surface area contributed by atoms with Crippen LogP contribution in [0.1, 0.15) is 11.4 Å². The third-order valence-corrected chi connectivity index (χ3v) is 2.75. The number of nitrogens with zero attached hydrogens (tertiary/aromatic N) is 3. The van der Waals surface area contributed by atoms with Crippen molar-refractivity contribution in [2.45, 2.75) is 20.4 Å². The van der Waals surface area contributed by atoms with Crippen molar-refractivity contribution in [1.29, 1.82) is 0 Å². The lowest BCUT2D eigenvalue weighted by molar-refractivity contribution is -0.136. The second-order valence-electron chi connectivity index (χ2n) is 4.08. The highest BCUT2D eigenvalue weighted by Gasteiger charge is 2.17. The quantitative estimate of drug-likeness (QED) is 0.727. The standard InChI is InChI=1S/C11H17N3O2/c1-9-7-10(2)14(12-9)8-11(15)13-3-5-16-6-4-13/h7H,3-6,8H2,1-2H3. The second kappa shape index (κ2) is 4.65. The van der Waals surface area contributed by atoms with Gasteiger partial charge in [-0.2, -0.15) is 5.10 Å². The van der Waals surface area contributed by atoms with Crippen LogP contribution in [0.5, 0.6) is 0 Å². The fourth-order valence-corrected chi connectivity index (χ4v) is 1.88. The zero-order chi connectivity index (χ0) is 11.5. The molecule has 5 heteroatoms. The molecule has 0 bridgehead atoms. The maximum absolute atomic E-state index is 11.9. The number of amides is 1. The summed E-state index contributed by atoms with van der Waals surface area (Å²) in [5, 5.41) is 4.28. The zero-order valence-corrected chi connectivity index (χ0v) is 9.77. The van der Waals surface area contributed by atoms with Crippen LogP contribution in [-0.4, -0.2) is 46.9 Å². The first kappa shape index (κ1) is 11.1. The van der Waals surface area contributed by atoms with Gasteiger partial charge in [0, 0.05) is 18.8 Å². The Hall–Kier alpha value is -1.36. The maximum atomic E-state index is 11.9. The first-order chi connectivity index (χ1) is 7.66. The number of morpholine rings is 1. The van der Waals surface area contributed by atoms with E-state index in [0.717, 1.165) is 11.4 Å². The average Bonchev–Trinajstić information content (AvgIpc) is 2.59. The van der Waals surface area contributed by atoms with Crippen molar-refractivity contribution in [2.75, 3.05) is 26.3 Å². The topological polar surface area (TPSA) is 47.4 Å². The van der Waals surface area contributed by atoms with Crippen LogP contribution in [0.2, 0.25) is 0 Å². The fraction of sp³-hybridized carbons (Fsp3) is 0.636. The number of aryl methyl sites for hydroxylation is 2. The molecule has 0 radical (unpaired) electrons. The Morgan fingerprint density at radius 1 is 1.44 bits per heavy atom. The molecule has 2 rings (SSSR count). The van der Waals surface area contributed by atoms with Gasteiger partial charge in [0.25, 0.3) is 0 Å². The molecule has 0 spiro atoms. The third-order valence-electron chi connectivity index (χ3n) is 2.75. The molecule has 1 aliphatic heterocycles. The van der Waals surface area contributed by atoms with Crippen molar-refractivity contribution < 1.29 is 9.53 Å². The summed E-state index contributed by atoms with van der Waals surface area (Å²) < 4.78 is 6.97. The van der Waals surface area contributed by atoms with Gasteiger partial charge in [-0.15, -0.1) is 0 Å². The molecule has 1 aliphatic rings. The average molecular weight is 223 g/mol. The molecule has 5 nitrogen and oxygen atoms in total. The van der Waals surface area contributed by atoms with Crippen LogP contribution in [0.3, 0.4) is 0 Å². The van der Waals surface area contributed by atoms with Crippen LogP contribution in [0.4, 0.5) is 0 Å². The number of ether oxygens (including phenoxy) is 1. The van der Waals surface area contributed by atoms with Crippen LogP contribution in [0.25, 0.3) is 0 Å². The molecule has 0 saturated carbocycles. The van der Waals surface area contributed by atoms with Crippen LogP contribution in [-0.2, 0) is 16.1 Å². The van der Waals surface area contributed by atoms with E-state index in [-0.39, 0.29) is 5.91 Å². The summed E-state index contributed by atoms with van der Waals surface area (Å²) >= 11 is 0. The highest BCUT2D eigenvalue weighted by Crippen LogP contribution is 2.04. The van der Waals surface area contributed by atoms with Gasteiger partial charge in [-0.1, -0.05) is 0 Å². The van der Waals surface area contributed by atoms with E-state index in [2.05, 4.69) is 5.10 Å². The number of rotatable bonds is 2. The Morgan fingerprint density at radius 2 is 2.12 bits per heavy atom. The van der Waals surface area contributed by atoms with Crippen LogP contribution < -0.4 is 0 Å². The molecule has 0 aliphatic carbocycles. The Balaban J connectivity index is 1.98. The molecule has 0 unspecified atom stereocenters. The summed E-state index contributed by atoms with van der Waals surface area (Å²) in [6, 6.07) is 1.98. The molecule has 1 aromatic heterocycles. The van der Waals surface area contributed by atoms with E-state index >= 15 is 0 Å². The summed E-state index contributed by atoms with van der Waals surface area (Å²) in [5.74, 6) is 0.120. The molecule has 1 fully saturated rings. The summed E-state index contributed by atoms with van der Waals surface area (Å²) in [4.78, 5) is 13.8. The molecule has 0 atom stereocenters. The molecule has 1 amide bonds. The summed E-state index contributed by atoms with van der Waals surface area (Å²) in [7, 11) is 0. The highest BCUT2D eigenvalue weighted by atomic mass is 16.5. The summed E-state index contributed by atoms with van der Waals surface area (Å²) in [6.07, 6.45) is 0. The molecule has 88 valence electrons. The highest BCUT2D eigenvalue weighted by molar-refractivity contribution is 5.76. The first-order valence-corrected chi connectivity index (χ1v) is 5.53. The fourth-order valence-electron chi connectivity index (χ4n) is 1.88. The van der Waals surface area contributed by atoms with Gasteiger partial charge in [-0.05, 0) is 19.9 Å². The van der Waals surface area contributed by atoms with E-state index in [1.807, 2.05) is 24.8 Å². The van der Waals surface area contributed by atoms with Gasteiger partial charge >= 0.3 is 0 Å². The molecular weight excluding hydrogens is 206 g/mol. The van der Waals surface area contributed by atoms with Crippen molar-refractivity contribution in [3.63, 3.8) is 0 Å². The zero-order valence-electron chi connectivity index (χ0n) is 9.77. The predicted molar refractivity (Wildman–Crippen MR) is 59.1 cm³/mol. The number of carbonyl (C=O) groups excluding carboxylic acids is 1. The normalized spacial score (nSPS) is 16.5. The van der Waals surface area contributed by atoms with Gasteiger partial charge in [0.15, 0.2) is 0 Å². The van der Waals surface area contributed by atoms with Crippen molar-refractivity contribution in [3.8, 4) is 0 Å². The van der Waals surface area contributed by atoms with E-state index in [1.54, 1.807) is 4.68 Å². The van der Waals surface area contributed by atoms with E-state index in [4.69, 9.17) is 4.74 Å². The number of aromatic nitrogens is 2. The molecule has 0 N–H and O–H groups in total. The lowest BCUT2D eigenvalue weighted by Gasteiger charge is -2.26. The monoisotopic (exact) mass is 223 g/mol. The van der Waals surface area contributed by atoms with Gasteiger partial charge in [-0.3, -0.25) is 9.48 Å². The Kier molecular flexibility index (Phi) is 3.24. The SMILES string of the molecule is Cc1cc(C)n(CC(=O)N2CCOCC2)n1. The Bertz CT molecular complexity index is 381. The van der Waals surface area contributed by atoms with Crippen molar-refractivity contribution >= 4 is 5.91 Å². The third kappa shape index (κ3) is 2.41. The number of hydrogen-bond donors (Lipinski definition) is 0. The Morgan fingerprint density at radius 3 is 2.69 bits per heavy atom. The minimum absolute atomic E-state index is 0.120. The van der Waals surface area contributed by atoms with Gasteiger partial charge in [-0.25, -0.2) is 0 Å². The minimum atomic E-state index is 0.120. The molecule has 1 aromatic rings. The first-order valence-electron chi connectivity index (χ1n) is 5.53. The molecule has 1 saturated heterocycles. The van der Waals surface area contributed by atoms with Crippen LogP contribution >= 0.6 is 0 Å². The minimum Gasteiger partial charge on any atom is -0.378 e. The van der Waals surface area contributed by atoms with Crippen molar-refractivity contribution in [2.24, 2.45) is 0 Å². The summed E-state index contributed by atoms with van der Waals surface area (Å²) in [5.41, 5.74) is 1.98. The second-order valence-corrected chi connectivity index (χ2v) is 4.08. The van der Waals surface area contributed by atoms with Gasteiger partial charge in [0.05, 0.1) is 18.9 Å². The van der Waals surface area contributed by atoms with E-state index < -0.39 is 0 Å². The van der Waals surface area contributed by atoms with E-state index in [9.17, 15) is 4.79 Å². The lowest BCUT2D eigenvalue weighted by Crippen LogP contribution is -2.42. The van der Waals surface area contributed by atoms with Crippen LogP contribution in [0, 0.1) is 13.8 Å². The molecule has 0 aromatic carbocycles. The number of carbonyl (C=O) groups is 1. The van der Waals surface area contributed by atoms with Crippen LogP contribution in [0.15, 0.2) is 6.07 Å². The van der Waals surface area contributed by atoms with E-state index in [1.165, 1.54) is 0 Å². The van der Waals surface area contributed by atoms with Gasteiger partial charge < -0.3 is 9.64 Å². The maximum Gasteiger partial charge on any atom is 0.244 e. The largest absolute Gasteiger partial charge is 0.378 e. The number of hydrogen-bond acceptors (Lipinski definition) is 3. The molecular formula is C11H17N3O2.